The standard InChI is InChI=1S/C16H20N2O2S/c1-16(2,3)12-4-5-13-10(7-12)6-11(8-17)15(18-13)21-9-14(19)20/h6,12H,4-5,7,9H2,1-3H3,(H,19,20). The summed E-state index contributed by atoms with van der Waals surface area (Å²) in [5.74, 6) is -0.363. The van der Waals surface area contributed by atoms with Gasteiger partial charge >= 0.3 is 5.97 Å². The minimum Gasteiger partial charge on any atom is -0.481 e. The summed E-state index contributed by atoms with van der Waals surface area (Å²) in [6.45, 7) is 6.75. The van der Waals surface area contributed by atoms with Crippen LogP contribution in [0.25, 0.3) is 0 Å². The Morgan fingerprint density at radius 2 is 2.29 bits per heavy atom. The Balaban J connectivity index is 2.28. The first kappa shape index (κ1) is 15.8. The van der Waals surface area contributed by atoms with E-state index in [2.05, 4.69) is 31.8 Å². The van der Waals surface area contributed by atoms with E-state index in [1.54, 1.807) is 0 Å². The monoisotopic (exact) mass is 304 g/mol. The molecule has 0 aliphatic heterocycles. The third-order valence-corrected chi connectivity index (χ3v) is 5.01. The topological polar surface area (TPSA) is 74.0 Å². The average Bonchev–Trinajstić information content (AvgIpc) is 2.42. The Hall–Kier alpha value is -1.54. The number of pyridine rings is 1. The number of rotatable bonds is 3. The van der Waals surface area contributed by atoms with E-state index in [0.29, 0.717) is 16.5 Å². The lowest BCUT2D eigenvalue weighted by Gasteiger charge is -2.34. The molecule has 1 aliphatic rings. The number of nitriles is 1. The average molecular weight is 304 g/mol. The molecule has 21 heavy (non-hydrogen) atoms. The summed E-state index contributed by atoms with van der Waals surface area (Å²) in [5.41, 5.74) is 2.93. The zero-order valence-electron chi connectivity index (χ0n) is 12.6. The fraction of sp³-hybridized carbons (Fsp3) is 0.562. The Morgan fingerprint density at radius 3 is 2.86 bits per heavy atom. The number of aliphatic carboxylic acids is 1. The lowest BCUT2D eigenvalue weighted by Crippen LogP contribution is -2.27. The van der Waals surface area contributed by atoms with Gasteiger partial charge in [-0.3, -0.25) is 4.79 Å². The predicted molar refractivity (Wildman–Crippen MR) is 82.3 cm³/mol. The molecular formula is C16H20N2O2S. The maximum absolute atomic E-state index is 10.7. The number of hydrogen-bond acceptors (Lipinski definition) is 4. The van der Waals surface area contributed by atoms with E-state index in [1.165, 1.54) is 0 Å². The predicted octanol–water partition coefficient (Wildman–Crippen LogP) is 3.28. The van der Waals surface area contributed by atoms with Crippen LogP contribution in [0.2, 0.25) is 0 Å². The van der Waals surface area contributed by atoms with Crippen molar-refractivity contribution in [3.8, 4) is 6.07 Å². The number of nitrogens with zero attached hydrogens (tertiary/aromatic N) is 2. The lowest BCUT2D eigenvalue weighted by molar-refractivity contribution is -0.133. The van der Waals surface area contributed by atoms with Crippen LogP contribution in [0.3, 0.4) is 0 Å². The number of fused-ring (bicyclic) bond motifs is 1. The van der Waals surface area contributed by atoms with Gasteiger partial charge in [-0.25, -0.2) is 4.98 Å². The molecule has 0 fully saturated rings. The number of aromatic nitrogens is 1. The number of carboxylic acid groups (broad SMARTS) is 1. The van der Waals surface area contributed by atoms with E-state index in [-0.39, 0.29) is 11.2 Å². The number of aryl methyl sites for hydroxylation is 1. The number of carboxylic acids is 1. The molecular weight excluding hydrogens is 284 g/mol. The fourth-order valence-corrected chi connectivity index (χ4v) is 3.40. The summed E-state index contributed by atoms with van der Waals surface area (Å²) in [4.78, 5) is 15.2. The van der Waals surface area contributed by atoms with E-state index in [0.717, 1.165) is 42.3 Å². The molecule has 0 radical (unpaired) electrons. The molecule has 0 amide bonds. The van der Waals surface area contributed by atoms with Gasteiger partial charge in [0.05, 0.1) is 11.3 Å². The van der Waals surface area contributed by atoms with Crippen LogP contribution in [-0.4, -0.2) is 21.8 Å². The van der Waals surface area contributed by atoms with Crippen LogP contribution in [0.4, 0.5) is 0 Å². The molecule has 0 saturated heterocycles. The molecule has 112 valence electrons. The van der Waals surface area contributed by atoms with Crippen LogP contribution >= 0.6 is 11.8 Å². The first-order valence-corrected chi connectivity index (χ1v) is 8.07. The number of hydrogen-bond donors (Lipinski definition) is 1. The molecule has 1 unspecified atom stereocenters. The third-order valence-electron chi connectivity index (χ3n) is 4.03. The van der Waals surface area contributed by atoms with Gasteiger partial charge in [0.2, 0.25) is 0 Å². The molecule has 1 heterocycles. The van der Waals surface area contributed by atoms with Crippen molar-refractivity contribution in [3.63, 3.8) is 0 Å². The van der Waals surface area contributed by atoms with Gasteiger partial charge in [-0.05, 0) is 42.2 Å². The molecule has 0 saturated carbocycles. The molecule has 0 aromatic carbocycles. The van der Waals surface area contributed by atoms with Crippen LogP contribution in [-0.2, 0) is 17.6 Å². The zero-order chi connectivity index (χ0) is 15.6. The molecule has 1 atom stereocenters. The van der Waals surface area contributed by atoms with Crippen LogP contribution in [0, 0.1) is 22.7 Å². The van der Waals surface area contributed by atoms with Crippen molar-refractivity contribution >= 4 is 17.7 Å². The van der Waals surface area contributed by atoms with E-state index in [4.69, 9.17) is 5.11 Å². The summed E-state index contributed by atoms with van der Waals surface area (Å²) in [6.07, 6.45) is 2.95. The smallest absolute Gasteiger partial charge is 0.313 e. The van der Waals surface area contributed by atoms with Gasteiger partial charge in [0.1, 0.15) is 11.1 Å². The molecule has 2 rings (SSSR count). The second kappa shape index (κ2) is 6.07. The maximum atomic E-state index is 10.7. The van der Waals surface area contributed by atoms with Crippen molar-refractivity contribution in [2.24, 2.45) is 11.3 Å². The van der Waals surface area contributed by atoms with Crippen LogP contribution < -0.4 is 0 Å². The van der Waals surface area contributed by atoms with E-state index in [9.17, 15) is 10.1 Å². The first-order valence-electron chi connectivity index (χ1n) is 7.08. The Morgan fingerprint density at radius 1 is 1.57 bits per heavy atom. The molecule has 1 aromatic heterocycles. The SMILES string of the molecule is CC(C)(C)C1CCc2nc(SCC(=O)O)c(C#N)cc2C1. The third kappa shape index (κ3) is 3.76. The summed E-state index contributed by atoms with van der Waals surface area (Å²) < 4.78 is 0. The summed E-state index contributed by atoms with van der Waals surface area (Å²) >= 11 is 1.13. The molecule has 5 heteroatoms. The minimum atomic E-state index is -0.892. The highest BCUT2D eigenvalue weighted by atomic mass is 32.2. The van der Waals surface area contributed by atoms with Gasteiger partial charge in [-0.2, -0.15) is 5.26 Å². The van der Waals surface area contributed by atoms with Gasteiger partial charge < -0.3 is 5.11 Å². The van der Waals surface area contributed by atoms with Crippen molar-refractivity contribution in [1.29, 1.82) is 5.26 Å². The lowest BCUT2D eigenvalue weighted by atomic mass is 9.71. The van der Waals surface area contributed by atoms with Crippen molar-refractivity contribution in [1.82, 2.24) is 4.98 Å². The molecule has 1 aromatic rings. The van der Waals surface area contributed by atoms with Gasteiger partial charge in [0.25, 0.3) is 0 Å². The fourth-order valence-electron chi connectivity index (χ4n) is 2.70. The largest absolute Gasteiger partial charge is 0.481 e. The van der Waals surface area contributed by atoms with Gasteiger partial charge in [0, 0.05) is 5.69 Å². The zero-order valence-corrected chi connectivity index (χ0v) is 13.5. The number of thioether (sulfide) groups is 1. The Bertz CT molecular complexity index is 600. The Labute approximate surface area is 129 Å². The van der Waals surface area contributed by atoms with Gasteiger partial charge in [-0.15, -0.1) is 0 Å². The quantitative estimate of drug-likeness (QED) is 0.867. The van der Waals surface area contributed by atoms with E-state index >= 15 is 0 Å². The summed E-state index contributed by atoms with van der Waals surface area (Å²) in [5, 5.41) is 18.6. The van der Waals surface area contributed by atoms with Crippen molar-refractivity contribution < 1.29 is 9.90 Å². The maximum Gasteiger partial charge on any atom is 0.313 e. The van der Waals surface area contributed by atoms with Gasteiger partial charge in [-0.1, -0.05) is 32.5 Å². The number of carbonyl (C=O) groups is 1. The highest BCUT2D eigenvalue weighted by Gasteiger charge is 2.30. The second-order valence-corrected chi connectivity index (χ2v) is 7.51. The highest BCUT2D eigenvalue weighted by Crippen LogP contribution is 2.38. The van der Waals surface area contributed by atoms with Crippen molar-refractivity contribution in [3.05, 3.63) is 22.9 Å². The van der Waals surface area contributed by atoms with Crippen molar-refractivity contribution in [2.45, 2.75) is 45.1 Å². The molecule has 0 bridgehead atoms. The highest BCUT2D eigenvalue weighted by molar-refractivity contribution is 7.99. The summed E-state index contributed by atoms with van der Waals surface area (Å²) in [7, 11) is 0. The molecule has 1 aliphatic carbocycles. The van der Waals surface area contributed by atoms with Crippen molar-refractivity contribution in [2.75, 3.05) is 5.75 Å². The van der Waals surface area contributed by atoms with Crippen LogP contribution in [0.5, 0.6) is 0 Å². The molecule has 4 nitrogen and oxygen atoms in total. The van der Waals surface area contributed by atoms with Crippen LogP contribution in [0.1, 0.15) is 44.0 Å². The molecule has 0 spiro atoms. The summed E-state index contributed by atoms with van der Waals surface area (Å²) in [6, 6.07) is 4.05. The van der Waals surface area contributed by atoms with Gasteiger partial charge in [0.15, 0.2) is 0 Å². The Kier molecular flexibility index (Phi) is 4.58. The minimum absolute atomic E-state index is 0.0644. The van der Waals surface area contributed by atoms with E-state index in [1.807, 2.05) is 6.07 Å². The second-order valence-electron chi connectivity index (χ2n) is 6.55. The van der Waals surface area contributed by atoms with Crippen LogP contribution in [0.15, 0.2) is 11.1 Å². The molecule has 1 N–H and O–H groups in total. The first-order chi connectivity index (χ1) is 9.81. The van der Waals surface area contributed by atoms with E-state index < -0.39 is 5.97 Å². The normalized spacial score (nSPS) is 17.9.